The van der Waals surface area contributed by atoms with Gasteiger partial charge in [0.25, 0.3) is 6.02 Å². The highest BCUT2D eigenvalue weighted by Gasteiger charge is 2.50. The molecule has 176 valence electrons. The lowest BCUT2D eigenvalue weighted by atomic mass is 9.84. The lowest BCUT2D eigenvalue weighted by Crippen LogP contribution is -2.46. The molecule has 2 aromatic rings. The van der Waals surface area contributed by atoms with Crippen molar-refractivity contribution in [3.63, 3.8) is 0 Å². The van der Waals surface area contributed by atoms with E-state index in [1.54, 1.807) is 0 Å². The normalized spacial score (nSPS) is 22.6. The fourth-order valence-electron chi connectivity index (χ4n) is 3.56. The number of nitrogens with two attached hydrogens (primary N) is 1. The van der Waals surface area contributed by atoms with E-state index in [0.29, 0.717) is 5.56 Å². The molecule has 33 heavy (non-hydrogen) atoms. The van der Waals surface area contributed by atoms with Crippen LogP contribution in [0.25, 0.3) is 0 Å². The van der Waals surface area contributed by atoms with Crippen LogP contribution in [0.5, 0.6) is 5.88 Å². The summed E-state index contributed by atoms with van der Waals surface area (Å²) in [5.41, 5.74) is 4.55. The number of hydrogen-bond acceptors (Lipinski definition) is 8. The van der Waals surface area contributed by atoms with Crippen molar-refractivity contribution in [2.24, 2.45) is 15.7 Å². The third kappa shape index (κ3) is 4.64. The molecule has 0 unspecified atom stereocenters. The zero-order chi connectivity index (χ0) is 24.0. The molecule has 0 radical (unpaired) electrons. The fourth-order valence-corrected chi connectivity index (χ4v) is 3.56. The standard InChI is InChI=1S/C19H16F6N6O2/c1-18(4-13(19(23,24)25)32-17(26)31-18)9-3-11-8(2-10(9)20)5-29-15(30-11)12-6-28-14(7-27-12)33-16(21)22/h2-3,6-7,13,16H,4-5H2,1H3,(H2,26,31)(H,29,30)/t13-,18-/m0/s1. The molecule has 14 heteroatoms. The maximum Gasteiger partial charge on any atom is 0.425 e. The summed E-state index contributed by atoms with van der Waals surface area (Å²) in [5, 5.41) is 2.90. The lowest BCUT2D eigenvalue weighted by Gasteiger charge is -2.36. The number of hydrogen-bond donors (Lipinski definition) is 2. The molecule has 0 aliphatic carbocycles. The molecule has 0 fully saturated rings. The molecule has 0 bridgehead atoms. The number of amidine groups is 2. The first-order chi connectivity index (χ1) is 15.4. The van der Waals surface area contributed by atoms with Gasteiger partial charge in [0.2, 0.25) is 5.88 Å². The van der Waals surface area contributed by atoms with E-state index in [1.165, 1.54) is 13.0 Å². The van der Waals surface area contributed by atoms with Gasteiger partial charge in [-0.1, -0.05) is 0 Å². The predicted octanol–water partition coefficient (Wildman–Crippen LogP) is 3.28. The van der Waals surface area contributed by atoms with Gasteiger partial charge < -0.3 is 20.5 Å². The zero-order valence-electron chi connectivity index (χ0n) is 16.8. The molecule has 4 rings (SSSR count). The van der Waals surface area contributed by atoms with Gasteiger partial charge in [0.15, 0.2) is 11.9 Å². The van der Waals surface area contributed by atoms with E-state index in [-0.39, 0.29) is 29.3 Å². The quantitative estimate of drug-likeness (QED) is 0.659. The van der Waals surface area contributed by atoms with E-state index < -0.39 is 48.6 Å². The van der Waals surface area contributed by atoms with Crippen LogP contribution in [-0.2, 0) is 16.8 Å². The Bertz CT molecular complexity index is 1120. The smallest absolute Gasteiger partial charge is 0.425 e. The van der Waals surface area contributed by atoms with Gasteiger partial charge in [0, 0.05) is 18.5 Å². The third-order valence-corrected chi connectivity index (χ3v) is 5.08. The molecule has 1 aromatic heterocycles. The van der Waals surface area contributed by atoms with E-state index in [0.717, 1.165) is 18.5 Å². The number of fused-ring (bicyclic) bond motifs is 1. The molecule has 0 amide bonds. The van der Waals surface area contributed by atoms with E-state index in [2.05, 4.69) is 34.7 Å². The Hall–Kier alpha value is -3.58. The van der Waals surface area contributed by atoms with Crippen molar-refractivity contribution >= 4 is 17.5 Å². The van der Waals surface area contributed by atoms with Crippen LogP contribution in [0, 0.1) is 5.82 Å². The summed E-state index contributed by atoms with van der Waals surface area (Å²) in [7, 11) is 0. The van der Waals surface area contributed by atoms with Gasteiger partial charge in [-0.2, -0.15) is 22.0 Å². The monoisotopic (exact) mass is 474 g/mol. The fraction of sp³-hybridized carbons (Fsp3) is 0.368. The number of nitrogens with one attached hydrogen (secondary N) is 1. The Morgan fingerprint density at radius 3 is 2.64 bits per heavy atom. The summed E-state index contributed by atoms with van der Waals surface area (Å²) in [6.07, 6.45) is -5.52. The maximum absolute atomic E-state index is 14.9. The molecule has 0 saturated carbocycles. The van der Waals surface area contributed by atoms with Gasteiger partial charge >= 0.3 is 12.8 Å². The van der Waals surface area contributed by atoms with E-state index in [9.17, 15) is 26.3 Å². The summed E-state index contributed by atoms with van der Waals surface area (Å²) >= 11 is 0. The average molecular weight is 474 g/mol. The Labute approximate surface area is 182 Å². The summed E-state index contributed by atoms with van der Waals surface area (Å²) < 4.78 is 88.0. The van der Waals surface area contributed by atoms with Crippen LogP contribution in [0.15, 0.2) is 34.5 Å². The molecule has 3 N–H and O–H groups in total. The van der Waals surface area contributed by atoms with Crippen molar-refractivity contribution in [1.29, 1.82) is 0 Å². The first-order valence-corrected chi connectivity index (χ1v) is 9.46. The van der Waals surface area contributed by atoms with Crippen molar-refractivity contribution in [2.75, 3.05) is 0 Å². The van der Waals surface area contributed by atoms with Crippen molar-refractivity contribution in [2.45, 2.75) is 44.3 Å². The summed E-state index contributed by atoms with van der Waals surface area (Å²) in [4.78, 5) is 15.9. The predicted molar refractivity (Wildman–Crippen MR) is 103 cm³/mol. The Balaban J connectivity index is 1.69. The first kappa shape index (κ1) is 22.6. The number of rotatable bonds is 4. The summed E-state index contributed by atoms with van der Waals surface area (Å²) in [5.74, 6) is -0.967. The zero-order valence-corrected chi connectivity index (χ0v) is 16.8. The average Bonchev–Trinajstić information content (AvgIpc) is 2.72. The van der Waals surface area contributed by atoms with Gasteiger partial charge in [0.1, 0.15) is 11.5 Å². The number of ether oxygens (including phenoxy) is 2. The highest BCUT2D eigenvalue weighted by atomic mass is 19.4. The van der Waals surface area contributed by atoms with Crippen LogP contribution in [0.4, 0.5) is 32.0 Å². The second-order valence-electron chi connectivity index (χ2n) is 7.47. The number of nitrogens with zero attached hydrogens (tertiary/aromatic N) is 4. The molecule has 2 aliphatic heterocycles. The third-order valence-electron chi connectivity index (χ3n) is 5.08. The minimum absolute atomic E-state index is 0.124. The van der Waals surface area contributed by atoms with Crippen molar-refractivity contribution in [3.8, 4) is 5.88 Å². The highest BCUT2D eigenvalue weighted by molar-refractivity contribution is 5.99. The van der Waals surface area contributed by atoms with Gasteiger partial charge in [-0.15, -0.1) is 0 Å². The molecule has 0 spiro atoms. The van der Waals surface area contributed by atoms with Crippen molar-refractivity contribution < 1.29 is 35.8 Å². The SMILES string of the molecule is C[C@@]1(c2cc3c(cc2F)CNC(c2cnc(OC(F)F)cn2)=N3)C[C@@H](C(F)(F)F)OC(N)=N1. The van der Waals surface area contributed by atoms with Crippen LogP contribution < -0.4 is 15.8 Å². The van der Waals surface area contributed by atoms with E-state index in [4.69, 9.17) is 5.73 Å². The molecule has 2 aliphatic rings. The molecule has 1 aromatic carbocycles. The van der Waals surface area contributed by atoms with Crippen LogP contribution >= 0.6 is 0 Å². The molecular weight excluding hydrogens is 458 g/mol. The van der Waals surface area contributed by atoms with Crippen LogP contribution in [-0.4, -0.2) is 40.7 Å². The largest absolute Gasteiger partial charge is 0.452 e. The Morgan fingerprint density at radius 2 is 2.00 bits per heavy atom. The van der Waals surface area contributed by atoms with E-state index in [1.807, 2.05) is 0 Å². The van der Waals surface area contributed by atoms with Crippen LogP contribution in [0.3, 0.4) is 0 Å². The van der Waals surface area contributed by atoms with E-state index >= 15 is 0 Å². The minimum atomic E-state index is -4.72. The number of halogens is 6. The summed E-state index contributed by atoms with van der Waals surface area (Å²) in [6.45, 7) is -1.61. The molecule has 3 heterocycles. The minimum Gasteiger partial charge on any atom is -0.452 e. The second-order valence-corrected chi connectivity index (χ2v) is 7.47. The number of aromatic nitrogens is 2. The number of benzene rings is 1. The number of alkyl halides is 5. The maximum atomic E-state index is 14.9. The van der Waals surface area contributed by atoms with Crippen LogP contribution in [0.2, 0.25) is 0 Å². The summed E-state index contributed by atoms with van der Waals surface area (Å²) in [6, 6.07) is 1.75. The topological polar surface area (TPSA) is 107 Å². The van der Waals surface area contributed by atoms with Gasteiger partial charge in [0.05, 0.1) is 23.6 Å². The van der Waals surface area contributed by atoms with Crippen molar-refractivity contribution in [3.05, 3.63) is 47.2 Å². The molecule has 2 atom stereocenters. The molecule has 0 saturated heterocycles. The van der Waals surface area contributed by atoms with Gasteiger partial charge in [-0.05, 0) is 24.6 Å². The van der Waals surface area contributed by atoms with Crippen LogP contribution in [0.1, 0.15) is 30.2 Å². The highest BCUT2D eigenvalue weighted by Crippen LogP contribution is 2.42. The Kier molecular flexibility index (Phi) is 5.54. The number of aliphatic imine (C=N–C) groups is 2. The van der Waals surface area contributed by atoms with Gasteiger partial charge in [-0.3, -0.25) is 0 Å². The Morgan fingerprint density at radius 1 is 1.24 bits per heavy atom. The first-order valence-electron chi connectivity index (χ1n) is 9.46. The lowest BCUT2D eigenvalue weighted by molar-refractivity contribution is -0.208. The molecule has 8 nitrogen and oxygen atoms in total. The molecular formula is C19H16F6N6O2. The van der Waals surface area contributed by atoms with Gasteiger partial charge in [-0.25, -0.2) is 24.3 Å². The van der Waals surface area contributed by atoms with Crippen molar-refractivity contribution in [1.82, 2.24) is 15.3 Å². The second kappa shape index (κ2) is 8.08.